The summed E-state index contributed by atoms with van der Waals surface area (Å²) in [7, 11) is 0. The molecule has 0 aromatic heterocycles. The molecule has 0 aliphatic rings. The maximum atomic E-state index is 8.64. The van der Waals surface area contributed by atoms with E-state index in [2.05, 4.69) is 13.8 Å². The predicted octanol–water partition coefficient (Wildman–Crippen LogP) is 3.38. The van der Waals surface area contributed by atoms with Gasteiger partial charge in [0.2, 0.25) is 0 Å². The molecule has 0 radical (unpaired) electrons. The van der Waals surface area contributed by atoms with E-state index in [9.17, 15) is 0 Å². The Balaban J connectivity index is 3.53. The number of unbranched alkanes of at least 4 members (excludes halogenated alkanes) is 3. The molecule has 15 heavy (non-hydrogen) atoms. The Kier molecular flexibility index (Phi) is 11.9. The standard InChI is InChI=1S/C13H28O2/c1-3-5-7-9-13(8-6-4-2)12-15-11-10-14/h13-14H,3-12H2,1-2H3. The molecule has 1 N–H and O–H groups in total. The third kappa shape index (κ3) is 10.2. The zero-order chi connectivity index (χ0) is 11.4. The molecule has 0 saturated carbocycles. The molecule has 0 aromatic rings. The SMILES string of the molecule is CCCCCC(CCCC)COCCO. The van der Waals surface area contributed by atoms with Crippen molar-refractivity contribution < 1.29 is 9.84 Å². The minimum absolute atomic E-state index is 0.148. The molecule has 0 heterocycles. The van der Waals surface area contributed by atoms with Crippen LogP contribution in [-0.4, -0.2) is 24.9 Å². The van der Waals surface area contributed by atoms with Gasteiger partial charge in [-0.25, -0.2) is 0 Å². The first-order valence-electron chi connectivity index (χ1n) is 6.53. The van der Waals surface area contributed by atoms with E-state index >= 15 is 0 Å². The number of hydrogen-bond donors (Lipinski definition) is 1. The summed E-state index contributed by atoms with van der Waals surface area (Å²) >= 11 is 0. The van der Waals surface area contributed by atoms with Crippen LogP contribution in [0.4, 0.5) is 0 Å². The second kappa shape index (κ2) is 12.0. The minimum atomic E-state index is 0.148. The van der Waals surface area contributed by atoms with Gasteiger partial charge in [0.1, 0.15) is 0 Å². The maximum Gasteiger partial charge on any atom is 0.0697 e. The zero-order valence-corrected chi connectivity index (χ0v) is 10.5. The lowest BCUT2D eigenvalue weighted by molar-refractivity contribution is 0.0621. The Bertz CT molecular complexity index is 105. The highest BCUT2D eigenvalue weighted by Gasteiger charge is 2.07. The lowest BCUT2D eigenvalue weighted by Gasteiger charge is -2.16. The van der Waals surface area contributed by atoms with E-state index in [4.69, 9.17) is 9.84 Å². The zero-order valence-electron chi connectivity index (χ0n) is 10.5. The predicted molar refractivity (Wildman–Crippen MR) is 65.1 cm³/mol. The number of ether oxygens (including phenoxy) is 1. The molecule has 0 aliphatic heterocycles. The first-order valence-corrected chi connectivity index (χ1v) is 6.53. The normalized spacial score (nSPS) is 13.0. The van der Waals surface area contributed by atoms with Crippen LogP contribution in [0.5, 0.6) is 0 Å². The van der Waals surface area contributed by atoms with Crippen molar-refractivity contribution in [1.82, 2.24) is 0 Å². The second-order valence-electron chi connectivity index (χ2n) is 4.30. The van der Waals surface area contributed by atoms with E-state index in [0.717, 1.165) is 6.61 Å². The quantitative estimate of drug-likeness (QED) is 0.536. The number of hydrogen-bond acceptors (Lipinski definition) is 2. The molecule has 1 unspecified atom stereocenters. The number of aliphatic hydroxyl groups excluding tert-OH is 1. The van der Waals surface area contributed by atoms with E-state index in [0.29, 0.717) is 12.5 Å². The fourth-order valence-corrected chi connectivity index (χ4v) is 1.80. The highest BCUT2D eigenvalue weighted by molar-refractivity contribution is 4.59. The highest BCUT2D eigenvalue weighted by atomic mass is 16.5. The third-order valence-electron chi connectivity index (χ3n) is 2.77. The summed E-state index contributed by atoms with van der Waals surface area (Å²) in [6.07, 6.45) is 9.10. The molecule has 92 valence electrons. The maximum absolute atomic E-state index is 8.64. The van der Waals surface area contributed by atoms with Gasteiger partial charge in [-0.2, -0.15) is 0 Å². The summed E-state index contributed by atoms with van der Waals surface area (Å²) in [6, 6.07) is 0. The highest BCUT2D eigenvalue weighted by Crippen LogP contribution is 2.17. The van der Waals surface area contributed by atoms with E-state index < -0.39 is 0 Å². The van der Waals surface area contributed by atoms with Crippen molar-refractivity contribution in [2.45, 2.75) is 58.8 Å². The molecule has 0 saturated heterocycles. The first-order chi connectivity index (χ1) is 7.35. The average molecular weight is 216 g/mol. The van der Waals surface area contributed by atoms with Gasteiger partial charge in [-0.3, -0.25) is 0 Å². The van der Waals surface area contributed by atoms with E-state index in [1.54, 1.807) is 0 Å². The van der Waals surface area contributed by atoms with Crippen LogP contribution in [0.2, 0.25) is 0 Å². The Morgan fingerprint density at radius 2 is 1.67 bits per heavy atom. The Morgan fingerprint density at radius 3 is 2.27 bits per heavy atom. The fourth-order valence-electron chi connectivity index (χ4n) is 1.80. The van der Waals surface area contributed by atoms with Gasteiger partial charge in [-0.15, -0.1) is 0 Å². The van der Waals surface area contributed by atoms with E-state index in [1.807, 2.05) is 0 Å². The molecule has 0 aliphatic carbocycles. The van der Waals surface area contributed by atoms with Crippen molar-refractivity contribution in [3.63, 3.8) is 0 Å². The van der Waals surface area contributed by atoms with Crippen molar-refractivity contribution in [2.75, 3.05) is 19.8 Å². The van der Waals surface area contributed by atoms with Crippen LogP contribution in [0.25, 0.3) is 0 Å². The minimum Gasteiger partial charge on any atom is -0.394 e. The van der Waals surface area contributed by atoms with Crippen LogP contribution < -0.4 is 0 Å². The van der Waals surface area contributed by atoms with Gasteiger partial charge in [0, 0.05) is 6.61 Å². The van der Waals surface area contributed by atoms with Crippen molar-refractivity contribution >= 4 is 0 Å². The Labute approximate surface area is 95.0 Å². The summed E-state index contributed by atoms with van der Waals surface area (Å²) < 4.78 is 5.42. The van der Waals surface area contributed by atoms with Crippen LogP contribution in [0.15, 0.2) is 0 Å². The average Bonchev–Trinajstić information content (AvgIpc) is 2.25. The Hall–Kier alpha value is -0.0800. The van der Waals surface area contributed by atoms with Gasteiger partial charge in [0.25, 0.3) is 0 Å². The van der Waals surface area contributed by atoms with Gasteiger partial charge >= 0.3 is 0 Å². The second-order valence-corrected chi connectivity index (χ2v) is 4.30. The Morgan fingerprint density at radius 1 is 1.00 bits per heavy atom. The molecule has 2 nitrogen and oxygen atoms in total. The smallest absolute Gasteiger partial charge is 0.0697 e. The van der Waals surface area contributed by atoms with Crippen LogP contribution in [-0.2, 0) is 4.74 Å². The summed E-state index contributed by atoms with van der Waals surface area (Å²) in [5.74, 6) is 0.711. The molecule has 0 spiro atoms. The van der Waals surface area contributed by atoms with Gasteiger partial charge in [-0.05, 0) is 18.8 Å². The van der Waals surface area contributed by atoms with Crippen LogP contribution in [0.1, 0.15) is 58.8 Å². The molecular weight excluding hydrogens is 188 g/mol. The van der Waals surface area contributed by atoms with Crippen molar-refractivity contribution in [1.29, 1.82) is 0 Å². The van der Waals surface area contributed by atoms with Crippen LogP contribution >= 0.6 is 0 Å². The molecular formula is C13H28O2. The fraction of sp³-hybridized carbons (Fsp3) is 1.00. The largest absolute Gasteiger partial charge is 0.394 e. The van der Waals surface area contributed by atoms with Gasteiger partial charge in [-0.1, -0.05) is 46.0 Å². The molecule has 0 fully saturated rings. The van der Waals surface area contributed by atoms with Gasteiger partial charge in [0.15, 0.2) is 0 Å². The lowest BCUT2D eigenvalue weighted by Crippen LogP contribution is -2.12. The molecule has 0 amide bonds. The number of rotatable bonds is 11. The van der Waals surface area contributed by atoms with Crippen molar-refractivity contribution in [2.24, 2.45) is 5.92 Å². The summed E-state index contributed by atoms with van der Waals surface area (Å²) in [5, 5.41) is 8.64. The van der Waals surface area contributed by atoms with Gasteiger partial charge < -0.3 is 9.84 Å². The summed E-state index contributed by atoms with van der Waals surface area (Å²) in [5.41, 5.74) is 0. The lowest BCUT2D eigenvalue weighted by atomic mass is 9.96. The molecule has 0 bridgehead atoms. The molecule has 1 atom stereocenters. The van der Waals surface area contributed by atoms with E-state index in [1.165, 1.54) is 44.9 Å². The topological polar surface area (TPSA) is 29.5 Å². The van der Waals surface area contributed by atoms with Crippen molar-refractivity contribution in [3.05, 3.63) is 0 Å². The van der Waals surface area contributed by atoms with Crippen LogP contribution in [0.3, 0.4) is 0 Å². The monoisotopic (exact) mass is 216 g/mol. The third-order valence-corrected chi connectivity index (χ3v) is 2.77. The summed E-state index contributed by atoms with van der Waals surface area (Å²) in [6.45, 7) is 5.96. The van der Waals surface area contributed by atoms with Crippen LogP contribution in [0, 0.1) is 5.92 Å². The molecule has 0 rings (SSSR count). The van der Waals surface area contributed by atoms with E-state index in [-0.39, 0.29) is 6.61 Å². The summed E-state index contributed by atoms with van der Waals surface area (Å²) in [4.78, 5) is 0. The van der Waals surface area contributed by atoms with Crippen molar-refractivity contribution in [3.8, 4) is 0 Å². The first kappa shape index (κ1) is 14.9. The molecule has 2 heteroatoms. The van der Waals surface area contributed by atoms with Gasteiger partial charge in [0.05, 0.1) is 13.2 Å². The number of aliphatic hydroxyl groups is 1. The molecule has 0 aromatic carbocycles.